The van der Waals surface area contributed by atoms with Crippen LogP contribution in [0, 0.1) is 0 Å². The van der Waals surface area contributed by atoms with Crippen LogP contribution in [0.2, 0.25) is 0 Å². The average Bonchev–Trinajstić information content (AvgIpc) is 3.27. The van der Waals surface area contributed by atoms with Crippen molar-refractivity contribution in [2.24, 2.45) is 0 Å². The Morgan fingerprint density at radius 2 is 2.04 bits per heavy atom. The van der Waals surface area contributed by atoms with Crippen molar-refractivity contribution in [1.82, 2.24) is 21.1 Å². The first-order valence-corrected chi connectivity index (χ1v) is 9.06. The Kier molecular flexibility index (Phi) is 5.63. The van der Waals surface area contributed by atoms with Crippen LogP contribution >= 0.6 is 11.3 Å². The van der Waals surface area contributed by atoms with Crippen LogP contribution in [0.1, 0.15) is 28.9 Å². The van der Waals surface area contributed by atoms with E-state index in [0.29, 0.717) is 6.54 Å². The minimum Gasteiger partial charge on any atom is -0.353 e. The van der Waals surface area contributed by atoms with Crippen LogP contribution in [0.15, 0.2) is 47.8 Å². The van der Waals surface area contributed by atoms with E-state index >= 15 is 0 Å². The van der Waals surface area contributed by atoms with Crippen molar-refractivity contribution in [3.63, 3.8) is 0 Å². The number of nitrogens with zero attached hydrogens (tertiary/aromatic N) is 1. The third-order valence-corrected chi connectivity index (χ3v) is 5.37. The van der Waals surface area contributed by atoms with E-state index in [0.717, 1.165) is 6.42 Å². The molecule has 5 nitrogen and oxygen atoms in total. The van der Waals surface area contributed by atoms with Crippen LogP contribution in [-0.2, 0) is 4.79 Å². The summed E-state index contributed by atoms with van der Waals surface area (Å²) in [5.74, 6) is 0.0457. The second kappa shape index (κ2) is 7.90. The Bertz CT molecular complexity index is 644. The zero-order chi connectivity index (χ0) is 16.9. The van der Waals surface area contributed by atoms with E-state index in [-0.39, 0.29) is 24.0 Å². The molecule has 1 aliphatic rings. The van der Waals surface area contributed by atoms with Gasteiger partial charge in [0.25, 0.3) is 0 Å². The molecule has 2 heterocycles. The van der Waals surface area contributed by atoms with E-state index in [1.54, 1.807) is 11.3 Å². The summed E-state index contributed by atoms with van der Waals surface area (Å²) in [5, 5.41) is 5.15. The van der Waals surface area contributed by atoms with E-state index in [1.165, 1.54) is 10.4 Å². The highest BCUT2D eigenvalue weighted by atomic mass is 32.1. The lowest BCUT2D eigenvalue weighted by molar-refractivity contribution is -0.123. The average molecular weight is 344 g/mol. The third kappa shape index (κ3) is 4.02. The van der Waals surface area contributed by atoms with Gasteiger partial charge in [0, 0.05) is 11.4 Å². The molecule has 128 valence electrons. The quantitative estimate of drug-likeness (QED) is 0.751. The first kappa shape index (κ1) is 17.1. The standard InChI is InChI=1S/C18H24N4OS/c1-22(2)16(13-7-4-3-5-8-13)12-19-18(23)15-11-14(20-21-15)17-9-6-10-24-17/h3-10,14-16,20-21H,11-12H2,1-2H3,(H,19,23). The summed E-state index contributed by atoms with van der Waals surface area (Å²) in [7, 11) is 4.07. The molecule has 1 aliphatic heterocycles. The second-order valence-electron chi connectivity index (χ2n) is 6.28. The van der Waals surface area contributed by atoms with E-state index in [1.807, 2.05) is 38.4 Å². The number of amides is 1. The van der Waals surface area contributed by atoms with Gasteiger partial charge in [0.15, 0.2) is 0 Å². The number of hydrogen-bond acceptors (Lipinski definition) is 5. The molecule has 24 heavy (non-hydrogen) atoms. The molecular formula is C18H24N4OS. The first-order chi connectivity index (χ1) is 11.6. The van der Waals surface area contributed by atoms with E-state index < -0.39 is 0 Å². The lowest BCUT2D eigenvalue weighted by Crippen LogP contribution is -2.45. The molecule has 1 saturated heterocycles. The van der Waals surface area contributed by atoms with Crippen LogP contribution in [0.5, 0.6) is 0 Å². The van der Waals surface area contributed by atoms with Gasteiger partial charge in [-0.3, -0.25) is 4.79 Å². The first-order valence-electron chi connectivity index (χ1n) is 8.18. The molecule has 0 aliphatic carbocycles. The van der Waals surface area contributed by atoms with Gasteiger partial charge in [0.05, 0.1) is 12.1 Å². The lowest BCUT2D eigenvalue weighted by Gasteiger charge is -2.25. The van der Waals surface area contributed by atoms with Gasteiger partial charge in [0.2, 0.25) is 5.91 Å². The van der Waals surface area contributed by atoms with Crippen molar-refractivity contribution in [3.8, 4) is 0 Å². The topological polar surface area (TPSA) is 56.4 Å². The number of carbonyl (C=O) groups is 1. The van der Waals surface area contributed by atoms with Crippen molar-refractivity contribution >= 4 is 17.2 Å². The molecule has 3 atom stereocenters. The number of rotatable bonds is 6. The molecule has 1 aromatic heterocycles. The van der Waals surface area contributed by atoms with Gasteiger partial charge in [-0.05, 0) is 37.5 Å². The molecule has 0 bridgehead atoms. The fraction of sp³-hybridized carbons (Fsp3) is 0.389. The van der Waals surface area contributed by atoms with Crippen LogP contribution in [0.3, 0.4) is 0 Å². The molecule has 3 N–H and O–H groups in total. The number of carbonyl (C=O) groups excluding carboxylic acids is 1. The fourth-order valence-corrected chi connectivity index (χ4v) is 3.79. The van der Waals surface area contributed by atoms with E-state index in [9.17, 15) is 4.79 Å². The largest absolute Gasteiger partial charge is 0.353 e. The number of likely N-dealkylation sites (N-methyl/N-ethyl adjacent to an activating group) is 1. The van der Waals surface area contributed by atoms with Crippen molar-refractivity contribution in [3.05, 3.63) is 58.3 Å². The number of thiophene rings is 1. The predicted octanol–water partition coefficient (Wildman–Crippen LogP) is 2.07. The summed E-state index contributed by atoms with van der Waals surface area (Å²) in [6.45, 7) is 0.595. The Morgan fingerprint density at radius 1 is 1.25 bits per heavy atom. The van der Waals surface area contributed by atoms with Gasteiger partial charge in [-0.25, -0.2) is 10.9 Å². The molecule has 0 saturated carbocycles. The molecular weight excluding hydrogens is 320 g/mol. The maximum atomic E-state index is 12.5. The summed E-state index contributed by atoms with van der Waals surface area (Å²) in [6.07, 6.45) is 0.768. The normalized spacial score (nSPS) is 21.8. The van der Waals surface area contributed by atoms with Crippen LogP contribution < -0.4 is 16.2 Å². The summed E-state index contributed by atoms with van der Waals surface area (Å²) >= 11 is 1.71. The van der Waals surface area contributed by atoms with Crippen LogP contribution in [0.4, 0.5) is 0 Å². The highest BCUT2D eigenvalue weighted by Gasteiger charge is 2.30. The Hall–Kier alpha value is -1.73. The summed E-state index contributed by atoms with van der Waals surface area (Å²) in [5.41, 5.74) is 7.55. The Morgan fingerprint density at radius 3 is 2.71 bits per heavy atom. The number of hydrazine groups is 1. The van der Waals surface area contributed by atoms with Gasteiger partial charge < -0.3 is 10.2 Å². The minimum atomic E-state index is -0.198. The summed E-state index contributed by atoms with van der Waals surface area (Å²) in [6, 6.07) is 14.6. The van der Waals surface area contributed by atoms with Gasteiger partial charge in [-0.1, -0.05) is 36.4 Å². The summed E-state index contributed by atoms with van der Waals surface area (Å²) < 4.78 is 0. The molecule has 6 heteroatoms. The van der Waals surface area contributed by atoms with Crippen molar-refractivity contribution in [2.75, 3.05) is 20.6 Å². The van der Waals surface area contributed by atoms with Gasteiger partial charge >= 0.3 is 0 Å². The zero-order valence-corrected chi connectivity index (χ0v) is 14.8. The fourth-order valence-electron chi connectivity index (χ4n) is 3.00. The van der Waals surface area contributed by atoms with Crippen LogP contribution in [0.25, 0.3) is 0 Å². The molecule has 1 amide bonds. The number of hydrogen-bond donors (Lipinski definition) is 3. The van der Waals surface area contributed by atoms with Crippen LogP contribution in [-0.4, -0.2) is 37.5 Å². The molecule has 1 aromatic carbocycles. The highest BCUT2D eigenvalue weighted by Crippen LogP contribution is 2.26. The Balaban J connectivity index is 1.55. The highest BCUT2D eigenvalue weighted by molar-refractivity contribution is 7.10. The molecule has 1 fully saturated rings. The van der Waals surface area contributed by atoms with Gasteiger partial charge in [0.1, 0.15) is 6.04 Å². The maximum absolute atomic E-state index is 12.5. The smallest absolute Gasteiger partial charge is 0.238 e. The van der Waals surface area contributed by atoms with Crippen molar-refractivity contribution < 1.29 is 4.79 Å². The number of benzene rings is 1. The number of nitrogens with one attached hydrogen (secondary N) is 3. The third-order valence-electron chi connectivity index (χ3n) is 4.38. The zero-order valence-electron chi connectivity index (χ0n) is 14.0. The van der Waals surface area contributed by atoms with E-state index in [4.69, 9.17) is 0 Å². The Labute approximate surface area is 147 Å². The molecule has 0 radical (unpaired) electrons. The second-order valence-corrected chi connectivity index (χ2v) is 7.26. The molecule has 2 aromatic rings. The molecule has 0 spiro atoms. The molecule has 3 unspecified atom stereocenters. The van der Waals surface area contributed by atoms with Gasteiger partial charge in [-0.2, -0.15) is 0 Å². The summed E-state index contributed by atoms with van der Waals surface area (Å²) in [4.78, 5) is 15.9. The maximum Gasteiger partial charge on any atom is 0.238 e. The molecule has 3 rings (SSSR count). The van der Waals surface area contributed by atoms with Crippen molar-refractivity contribution in [1.29, 1.82) is 0 Å². The van der Waals surface area contributed by atoms with Gasteiger partial charge in [-0.15, -0.1) is 11.3 Å². The monoisotopic (exact) mass is 344 g/mol. The lowest BCUT2D eigenvalue weighted by atomic mass is 10.1. The minimum absolute atomic E-state index is 0.0457. The van der Waals surface area contributed by atoms with Crippen molar-refractivity contribution in [2.45, 2.75) is 24.5 Å². The predicted molar refractivity (Wildman–Crippen MR) is 97.6 cm³/mol. The SMILES string of the molecule is CN(C)C(CNC(=O)C1CC(c2cccs2)NN1)c1ccccc1. The van der Waals surface area contributed by atoms with E-state index in [2.05, 4.69) is 44.6 Å².